The summed E-state index contributed by atoms with van der Waals surface area (Å²) in [7, 11) is 1.36. The molecule has 142 valence electrons. The standard InChI is InChI=1S/C22H19ClN2O3/c1-27-22(26)18-9-5-17(6-10-18)15-28-21-11-7-16(8-12-21)14-24-25-20-4-2-3-19(23)13-20/h2-14,25H,15H2,1H3/b24-14-. The molecule has 0 atom stereocenters. The van der Waals surface area contributed by atoms with Crippen molar-refractivity contribution in [3.63, 3.8) is 0 Å². The number of hydrogen-bond acceptors (Lipinski definition) is 5. The lowest BCUT2D eigenvalue weighted by atomic mass is 10.1. The largest absolute Gasteiger partial charge is 0.489 e. The van der Waals surface area contributed by atoms with Crippen molar-refractivity contribution in [3.8, 4) is 5.75 Å². The zero-order valence-electron chi connectivity index (χ0n) is 15.3. The number of hydrogen-bond donors (Lipinski definition) is 1. The molecule has 0 spiro atoms. The molecule has 0 unspecified atom stereocenters. The minimum atomic E-state index is -0.352. The molecule has 0 saturated heterocycles. The number of anilines is 1. The van der Waals surface area contributed by atoms with E-state index in [-0.39, 0.29) is 5.97 Å². The van der Waals surface area contributed by atoms with Crippen molar-refractivity contribution in [1.29, 1.82) is 0 Å². The summed E-state index contributed by atoms with van der Waals surface area (Å²) in [5.74, 6) is 0.395. The van der Waals surface area contributed by atoms with E-state index in [0.717, 1.165) is 22.6 Å². The number of esters is 1. The molecule has 0 fully saturated rings. The Labute approximate surface area is 168 Å². The summed E-state index contributed by atoms with van der Waals surface area (Å²) in [4.78, 5) is 11.4. The van der Waals surface area contributed by atoms with Gasteiger partial charge < -0.3 is 9.47 Å². The molecule has 3 rings (SSSR count). The van der Waals surface area contributed by atoms with Crippen LogP contribution in [0, 0.1) is 0 Å². The van der Waals surface area contributed by atoms with E-state index in [0.29, 0.717) is 17.2 Å². The van der Waals surface area contributed by atoms with Crippen LogP contribution in [0.25, 0.3) is 0 Å². The van der Waals surface area contributed by atoms with Crippen molar-refractivity contribution in [1.82, 2.24) is 0 Å². The van der Waals surface area contributed by atoms with E-state index in [9.17, 15) is 4.79 Å². The van der Waals surface area contributed by atoms with Crippen molar-refractivity contribution in [2.24, 2.45) is 5.10 Å². The molecule has 0 amide bonds. The second-order valence-corrected chi connectivity index (χ2v) is 6.36. The smallest absolute Gasteiger partial charge is 0.337 e. The lowest BCUT2D eigenvalue weighted by Gasteiger charge is -2.07. The number of rotatable bonds is 7. The second-order valence-electron chi connectivity index (χ2n) is 5.93. The fourth-order valence-corrected chi connectivity index (χ4v) is 2.60. The molecular formula is C22H19ClN2O3. The minimum absolute atomic E-state index is 0.352. The Kier molecular flexibility index (Phi) is 6.65. The van der Waals surface area contributed by atoms with Gasteiger partial charge >= 0.3 is 5.97 Å². The molecule has 1 N–H and O–H groups in total. The molecule has 0 heterocycles. The monoisotopic (exact) mass is 394 g/mol. The van der Waals surface area contributed by atoms with Crippen LogP contribution in [0.2, 0.25) is 5.02 Å². The summed E-state index contributed by atoms with van der Waals surface area (Å²) < 4.78 is 10.5. The summed E-state index contributed by atoms with van der Waals surface area (Å²) in [6.07, 6.45) is 1.72. The van der Waals surface area contributed by atoms with Gasteiger partial charge in [0.15, 0.2) is 0 Å². The molecule has 3 aromatic carbocycles. The predicted octanol–water partition coefficient (Wildman–Crippen LogP) is 5.15. The second kappa shape index (κ2) is 9.58. The van der Waals surface area contributed by atoms with E-state index in [1.165, 1.54) is 7.11 Å². The molecule has 6 heteroatoms. The summed E-state index contributed by atoms with van der Waals surface area (Å²) in [6.45, 7) is 0.408. The van der Waals surface area contributed by atoms with Gasteiger partial charge in [0.2, 0.25) is 0 Å². The molecule has 0 aliphatic rings. The van der Waals surface area contributed by atoms with Crippen LogP contribution < -0.4 is 10.2 Å². The van der Waals surface area contributed by atoms with E-state index < -0.39 is 0 Å². The maximum atomic E-state index is 11.4. The van der Waals surface area contributed by atoms with Crippen molar-refractivity contribution < 1.29 is 14.3 Å². The SMILES string of the molecule is COC(=O)c1ccc(COc2ccc(/C=N\Nc3cccc(Cl)c3)cc2)cc1. The van der Waals surface area contributed by atoms with E-state index in [1.54, 1.807) is 24.4 Å². The molecule has 0 saturated carbocycles. The highest BCUT2D eigenvalue weighted by Crippen LogP contribution is 2.16. The first-order valence-corrected chi connectivity index (χ1v) is 8.96. The van der Waals surface area contributed by atoms with Gasteiger partial charge in [-0.05, 0) is 65.7 Å². The first-order valence-electron chi connectivity index (χ1n) is 8.59. The third-order valence-corrected chi connectivity index (χ3v) is 4.13. The number of halogens is 1. The van der Waals surface area contributed by atoms with Crippen molar-refractivity contribution in [2.45, 2.75) is 6.61 Å². The highest BCUT2D eigenvalue weighted by atomic mass is 35.5. The molecular weight excluding hydrogens is 376 g/mol. The van der Waals surface area contributed by atoms with E-state index in [4.69, 9.17) is 16.3 Å². The highest BCUT2D eigenvalue weighted by Gasteiger charge is 2.04. The average molecular weight is 395 g/mol. The Bertz CT molecular complexity index is 954. The van der Waals surface area contributed by atoms with Crippen LogP contribution in [0.15, 0.2) is 77.9 Å². The van der Waals surface area contributed by atoms with Crippen molar-refractivity contribution in [3.05, 3.63) is 94.5 Å². The van der Waals surface area contributed by atoms with E-state index in [1.807, 2.05) is 54.6 Å². The Morgan fingerprint density at radius 3 is 2.50 bits per heavy atom. The van der Waals surface area contributed by atoms with Gasteiger partial charge in [-0.15, -0.1) is 0 Å². The Morgan fingerprint density at radius 1 is 1.07 bits per heavy atom. The van der Waals surface area contributed by atoms with Crippen LogP contribution in [-0.4, -0.2) is 19.3 Å². The van der Waals surface area contributed by atoms with Crippen LogP contribution in [-0.2, 0) is 11.3 Å². The number of carbonyl (C=O) groups is 1. The fraction of sp³-hybridized carbons (Fsp3) is 0.0909. The number of nitrogens with zero attached hydrogens (tertiary/aromatic N) is 1. The molecule has 3 aromatic rings. The van der Waals surface area contributed by atoms with Gasteiger partial charge in [0.25, 0.3) is 0 Å². The van der Waals surface area contributed by atoms with Gasteiger partial charge in [0, 0.05) is 5.02 Å². The zero-order valence-corrected chi connectivity index (χ0v) is 16.0. The summed E-state index contributed by atoms with van der Waals surface area (Å²) in [5, 5.41) is 4.85. The number of carbonyl (C=O) groups excluding carboxylic acids is 1. The number of methoxy groups -OCH3 is 1. The maximum absolute atomic E-state index is 11.4. The van der Waals surface area contributed by atoms with E-state index in [2.05, 4.69) is 15.3 Å². The predicted molar refractivity (Wildman–Crippen MR) is 111 cm³/mol. The van der Waals surface area contributed by atoms with Crippen LogP contribution in [0.1, 0.15) is 21.5 Å². The Morgan fingerprint density at radius 2 is 1.82 bits per heavy atom. The van der Waals surface area contributed by atoms with Crippen molar-refractivity contribution in [2.75, 3.05) is 12.5 Å². The molecule has 0 aliphatic heterocycles. The normalized spacial score (nSPS) is 10.6. The van der Waals surface area contributed by atoms with Crippen LogP contribution in [0.4, 0.5) is 5.69 Å². The van der Waals surface area contributed by atoms with Gasteiger partial charge in [0.1, 0.15) is 12.4 Å². The quantitative estimate of drug-likeness (QED) is 0.342. The van der Waals surface area contributed by atoms with Gasteiger partial charge in [-0.25, -0.2) is 4.79 Å². The Hall–Kier alpha value is -3.31. The first-order chi connectivity index (χ1) is 13.6. The van der Waals surface area contributed by atoms with E-state index >= 15 is 0 Å². The van der Waals surface area contributed by atoms with Crippen LogP contribution in [0.5, 0.6) is 5.75 Å². The van der Waals surface area contributed by atoms with Gasteiger partial charge in [-0.3, -0.25) is 5.43 Å². The average Bonchev–Trinajstić information content (AvgIpc) is 2.73. The van der Waals surface area contributed by atoms with Gasteiger partial charge in [-0.1, -0.05) is 29.8 Å². The van der Waals surface area contributed by atoms with Gasteiger partial charge in [-0.2, -0.15) is 5.10 Å². The van der Waals surface area contributed by atoms with Crippen LogP contribution in [0.3, 0.4) is 0 Å². The topological polar surface area (TPSA) is 59.9 Å². The molecule has 0 aliphatic carbocycles. The molecule has 28 heavy (non-hydrogen) atoms. The molecule has 0 aromatic heterocycles. The first kappa shape index (κ1) is 19.5. The van der Waals surface area contributed by atoms with Crippen molar-refractivity contribution >= 4 is 29.5 Å². The lowest BCUT2D eigenvalue weighted by Crippen LogP contribution is -2.02. The maximum Gasteiger partial charge on any atom is 0.337 e. The summed E-state index contributed by atoms with van der Waals surface area (Å²) in [6, 6.07) is 22.1. The number of benzene rings is 3. The van der Waals surface area contributed by atoms with Crippen LogP contribution >= 0.6 is 11.6 Å². The third kappa shape index (κ3) is 5.59. The lowest BCUT2D eigenvalue weighted by molar-refractivity contribution is 0.0600. The van der Waals surface area contributed by atoms with Gasteiger partial charge in [0.05, 0.1) is 24.6 Å². The summed E-state index contributed by atoms with van der Waals surface area (Å²) >= 11 is 5.93. The molecule has 5 nitrogen and oxygen atoms in total. The number of nitrogens with one attached hydrogen (secondary N) is 1. The minimum Gasteiger partial charge on any atom is -0.489 e. The number of hydrazone groups is 1. The third-order valence-electron chi connectivity index (χ3n) is 3.89. The fourth-order valence-electron chi connectivity index (χ4n) is 2.41. The zero-order chi connectivity index (χ0) is 19.8. The number of ether oxygens (including phenoxy) is 2. The molecule has 0 bridgehead atoms. The highest BCUT2D eigenvalue weighted by molar-refractivity contribution is 6.30. The summed E-state index contributed by atoms with van der Waals surface area (Å²) in [5.41, 5.74) is 6.17. The molecule has 0 radical (unpaired) electrons. The Balaban J connectivity index is 1.51.